The lowest BCUT2D eigenvalue weighted by molar-refractivity contribution is -0.120. The van der Waals surface area contributed by atoms with E-state index in [0.717, 1.165) is 0 Å². The largest absolute Gasteiger partial charge is 0.496 e. The molecule has 1 unspecified atom stereocenters. The van der Waals surface area contributed by atoms with E-state index in [0.29, 0.717) is 58.3 Å². The van der Waals surface area contributed by atoms with E-state index in [2.05, 4.69) is 20.7 Å². The van der Waals surface area contributed by atoms with Crippen LogP contribution in [0.4, 0.5) is 11.9 Å². The molecule has 258 valence electrons. The Morgan fingerprint density at radius 2 is 1.84 bits per heavy atom. The Hall–Kier alpha value is -5.77. The minimum atomic E-state index is -0.980. The summed E-state index contributed by atoms with van der Waals surface area (Å²) in [6, 6.07) is 6.52. The second-order valence-corrected chi connectivity index (χ2v) is 12.3. The van der Waals surface area contributed by atoms with Gasteiger partial charge >= 0.3 is 0 Å². The SMILES string of the molecule is CCn1nc(C)cc1C(=O)Nc1nc2c(n1C/C=C/Cn1c(NC=O)nc3cc(C(N)=O)ccc31)=C(OCCC(C)(C)O)CC(C(N)=O)C=2. The first kappa shape index (κ1) is 34.6. The summed E-state index contributed by atoms with van der Waals surface area (Å²) in [6.45, 7) is 8.18. The van der Waals surface area contributed by atoms with Gasteiger partial charge in [-0.1, -0.05) is 12.2 Å². The number of hydrogen-bond acceptors (Lipinski definition) is 9. The van der Waals surface area contributed by atoms with Crippen molar-refractivity contribution < 1.29 is 29.0 Å². The Bertz CT molecular complexity index is 2080. The van der Waals surface area contributed by atoms with Crippen molar-refractivity contribution in [2.24, 2.45) is 17.4 Å². The van der Waals surface area contributed by atoms with Crippen LogP contribution in [-0.2, 0) is 34.0 Å². The van der Waals surface area contributed by atoms with E-state index in [9.17, 15) is 24.3 Å². The molecule has 1 aliphatic rings. The van der Waals surface area contributed by atoms with Crippen molar-refractivity contribution in [3.05, 3.63) is 64.1 Å². The second kappa shape index (κ2) is 14.1. The molecule has 3 heterocycles. The van der Waals surface area contributed by atoms with E-state index in [4.69, 9.17) is 21.2 Å². The predicted molar refractivity (Wildman–Crippen MR) is 181 cm³/mol. The standard InChI is InChI=1S/C33H40N10O6/c1-5-43-25(14-19(2)40-43)30(47)39-32-38-23-16-21(29(35)46)17-26(49-13-10-33(3,4)48)27(23)42(32)12-7-6-11-41-24-9-8-20(28(34)45)15-22(24)37-31(41)36-18-44/h6-9,14-16,18,21,48H,5,10-13,17H2,1-4H3,(H2,34,45)(H2,35,46)(H,36,37,44)(H,38,39,47)/b7-6+. The van der Waals surface area contributed by atoms with Crippen molar-refractivity contribution >= 4 is 58.9 Å². The van der Waals surface area contributed by atoms with Gasteiger partial charge in [-0.15, -0.1) is 0 Å². The van der Waals surface area contributed by atoms with Crippen molar-refractivity contribution in [1.29, 1.82) is 0 Å². The third-order valence-corrected chi connectivity index (χ3v) is 8.00. The average molecular weight is 673 g/mol. The first-order valence-electron chi connectivity index (χ1n) is 15.8. The molecule has 5 rings (SSSR count). The molecule has 0 aliphatic heterocycles. The Labute approximate surface area is 281 Å². The third-order valence-electron chi connectivity index (χ3n) is 8.00. The number of imidazole rings is 2. The Morgan fingerprint density at radius 3 is 2.49 bits per heavy atom. The summed E-state index contributed by atoms with van der Waals surface area (Å²) in [6.07, 6.45) is 6.37. The number of aryl methyl sites for hydroxylation is 2. The van der Waals surface area contributed by atoms with Crippen molar-refractivity contribution in [3.8, 4) is 0 Å². The summed E-state index contributed by atoms with van der Waals surface area (Å²) >= 11 is 0. The molecule has 1 aromatic carbocycles. The van der Waals surface area contributed by atoms with Crippen LogP contribution in [0.2, 0.25) is 0 Å². The van der Waals surface area contributed by atoms with Gasteiger partial charge < -0.3 is 30.4 Å². The first-order valence-corrected chi connectivity index (χ1v) is 15.8. The smallest absolute Gasteiger partial charge is 0.276 e. The van der Waals surface area contributed by atoms with Gasteiger partial charge in [0.05, 0.1) is 40.2 Å². The van der Waals surface area contributed by atoms with Crippen molar-refractivity contribution in [2.75, 3.05) is 17.2 Å². The van der Waals surface area contributed by atoms with E-state index in [1.54, 1.807) is 64.9 Å². The number of primary amides is 2. The molecule has 4 amide bonds. The minimum absolute atomic E-state index is 0.166. The highest BCUT2D eigenvalue weighted by Gasteiger charge is 2.26. The number of ether oxygens (including phenoxy) is 1. The third kappa shape index (κ3) is 7.70. The number of fused-ring (bicyclic) bond motifs is 2. The number of nitrogens with one attached hydrogen (secondary N) is 2. The lowest BCUT2D eigenvalue weighted by Crippen LogP contribution is -2.40. The zero-order chi connectivity index (χ0) is 35.5. The summed E-state index contributed by atoms with van der Waals surface area (Å²) in [5.41, 5.74) is 12.6. The topological polar surface area (TPSA) is 227 Å². The molecule has 3 aromatic heterocycles. The van der Waals surface area contributed by atoms with Crippen LogP contribution in [-0.4, -0.2) is 70.3 Å². The van der Waals surface area contributed by atoms with Crippen LogP contribution >= 0.6 is 0 Å². The molecule has 4 aromatic rings. The maximum atomic E-state index is 13.5. The van der Waals surface area contributed by atoms with Crippen molar-refractivity contribution in [3.63, 3.8) is 0 Å². The maximum absolute atomic E-state index is 13.5. The maximum Gasteiger partial charge on any atom is 0.276 e. The second-order valence-electron chi connectivity index (χ2n) is 12.3. The summed E-state index contributed by atoms with van der Waals surface area (Å²) in [5.74, 6) is -1.32. The number of nitrogens with zero attached hydrogens (tertiary/aromatic N) is 6. The number of rotatable bonds is 15. The number of aromatic nitrogens is 6. The van der Waals surface area contributed by atoms with Crippen LogP contribution in [0.5, 0.6) is 0 Å². The average Bonchev–Trinajstić information content (AvgIpc) is 3.70. The van der Waals surface area contributed by atoms with Crippen LogP contribution in [0.25, 0.3) is 22.9 Å². The van der Waals surface area contributed by atoms with Gasteiger partial charge in [0, 0.05) is 38.0 Å². The Balaban J connectivity index is 1.54. The number of hydrogen-bond donors (Lipinski definition) is 5. The first-order chi connectivity index (χ1) is 23.3. The zero-order valence-electron chi connectivity index (χ0n) is 27.8. The van der Waals surface area contributed by atoms with Crippen LogP contribution in [0.1, 0.15) is 60.2 Å². The van der Waals surface area contributed by atoms with Crippen LogP contribution in [0.15, 0.2) is 36.4 Å². The molecule has 1 aliphatic carbocycles. The van der Waals surface area contributed by atoms with Gasteiger partial charge in [0.1, 0.15) is 16.8 Å². The van der Waals surface area contributed by atoms with Crippen LogP contribution in [0, 0.1) is 12.8 Å². The number of anilines is 2. The molecule has 49 heavy (non-hydrogen) atoms. The van der Waals surface area contributed by atoms with E-state index in [1.165, 1.54) is 0 Å². The molecule has 0 spiro atoms. The molecule has 7 N–H and O–H groups in total. The molecule has 0 bridgehead atoms. The van der Waals surface area contributed by atoms with Gasteiger partial charge in [0.2, 0.25) is 30.1 Å². The highest BCUT2D eigenvalue weighted by atomic mass is 16.5. The predicted octanol–water partition coefficient (Wildman–Crippen LogP) is 0.505. The van der Waals surface area contributed by atoms with E-state index >= 15 is 0 Å². The number of allylic oxidation sites excluding steroid dienone is 2. The number of nitrogens with two attached hydrogens (primary N) is 2. The molecular weight excluding hydrogens is 632 g/mol. The number of benzene rings is 1. The fourth-order valence-corrected chi connectivity index (χ4v) is 5.56. The molecular formula is C33H40N10O6. The van der Waals surface area contributed by atoms with Crippen LogP contribution < -0.4 is 32.8 Å². The van der Waals surface area contributed by atoms with E-state index in [1.807, 2.05) is 19.1 Å². The molecule has 1 atom stereocenters. The summed E-state index contributed by atoms with van der Waals surface area (Å²) in [7, 11) is 0. The Kier molecular flexibility index (Phi) is 9.98. The monoisotopic (exact) mass is 672 g/mol. The van der Waals surface area contributed by atoms with E-state index in [-0.39, 0.29) is 43.6 Å². The quantitative estimate of drug-likeness (QED) is 0.0874. The molecule has 0 saturated heterocycles. The fraction of sp³-hybridized carbons (Fsp3) is 0.364. The summed E-state index contributed by atoms with van der Waals surface area (Å²) < 4.78 is 11.3. The van der Waals surface area contributed by atoms with Gasteiger partial charge in [0.25, 0.3) is 5.91 Å². The minimum Gasteiger partial charge on any atom is -0.496 e. The molecule has 16 heteroatoms. The number of carbonyl (C=O) groups is 4. The van der Waals surface area contributed by atoms with Crippen LogP contribution in [0.3, 0.4) is 0 Å². The normalized spacial score (nSPS) is 14.5. The number of aliphatic hydroxyl groups is 1. The Morgan fingerprint density at radius 1 is 1.10 bits per heavy atom. The van der Waals surface area contributed by atoms with Crippen molar-refractivity contribution in [1.82, 2.24) is 28.9 Å². The van der Waals surface area contributed by atoms with Crippen molar-refractivity contribution in [2.45, 2.75) is 65.8 Å². The molecule has 0 radical (unpaired) electrons. The number of carbonyl (C=O) groups excluding carboxylic acids is 4. The van der Waals surface area contributed by atoms with Gasteiger partial charge in [-0.05, 0) is 58.0 Å². The molecule has 16 nitrogen and oxygen atoms in total. The fourth-order valence-electron chi connectivity index (χ4n) is 5.56. The van der Waals surface area contributed by atoms with Gasteiger partial charge in [-0.3, -0.25) is 34.5 Å². The summed E-state index contributed by atoms with van der Waals surface area (Å²) in [5, 5.41) is 21.1. The number of amides is 4. The molecule has 0 saturated carbocycles. The van der Waals surface area contributed by atoms with Gasteiger partial charge in [0.15, 0.2) is 0 Å². The zero-order valence-corrected chi connectivity index (χ0v) is 27.8. The highest BCUT2D eigenvalue weighted by molar-refractivity contribution is 6.02. The molecule has 0 fully saturated rings. The lowest BCUT2D eigenvalue weighted by Gasteiger charge is -2.21. The van der Waals surface area contributed by atoms with E-state index < -0.39 is 29.2 Å². The summed E-state index contributed by atoms with van der Waals surface area (Å²) in [4.78, 5) is 58.0. The van der Waals surface area contributed by atoms with Gasteiger partial charge in [-0.2, -0.15) is 5.10 Å². The highest BCUT2D eigenvalue weighted by Crippen LogP contribution is 2.22. The lowest BCUT2D eigenvalue weighted by atomic mass is 9.99. The van der Waals surface area contributed by atoms with Gasteiger partial charge in [-0.25, -0.2) is 9.97 Å².